The lowest BCUT2D eigenvalue weighted by Crippen LogP contribution is -2.30. The molecular formula is C14H25N3. The van der Waals surface area contributed by atoms with Gasteiger partial charge in [-0.3, -0.25) is 0 Å². The molecule has 17 heavy (non-hydrogen) atoms. The molecule has 0 radical (unpaired) electrons. The van der Waals surface area contributed by atoms with Gasteiger partial charge in [-0.2, -0.15) is 0 Å². The molecule has 0 aliphatic heterocycles. The van der Waals surface area contributed by atoms with Crippen LogP contribution in [0.5, 0.6) is 0 Å². The lowest BCUT2D eigenvalue weighted by atomic mass is 9.71. The fraction of sp³-hybridized carbons (Fsp3) is 0.786. The maximum Gasteiger partial charge on any atom is 0.125 e. The second-order valence-corrected chi connectivity index (χ2v) is 6.10. The van der Waals surface area contributed by atoms with Crippen molar-refractivity contribution in [2.45, 2.75) is 59.0 Å². The van der Waals surface area contributed by atoms with Crippen LogP contribution in [0.1, 0.15) is 58.3 Å². The molecule has 0 saturated heterocycles. The van der Waals surface area contributed by atoms with E-state index in [1.165, 1.54) is 25.7 Å². The Hall–Kier alpha value is -0.830. The van der Waals surface area contributed by atoms with Crippen LogP contribution in [0.4, 0.5) is 0 Å². The molecule has 0 spiro atoms. The van der Waals surface area contributed by atoms with Gasteiger partial charge in [-0.15, -0.1) is 0 Å². The van der Waals surface area contributed by atoms with Gasteiger partial charge < -0.3 is 10.3 Å². The number of hydrogen-bond acceptors (Lipinski definition) is 2. The van der Waals surface area contributed by atoms with Gasteiger partial charge in [0.2, 0.25) is 0 Å². The van der Waals surface area contributed by atoms with Gasteiger partial charge in [0.05, 0.1) is 6.04 Å². The molecule has 1 saturated carbocycles. The topological polar surface area (TPSA) is 43.8 Å². The molecule has 1 aromatic heterocycles. The van der Waals surface area contributed by atoms with E-state index in [2.05, 4.69) is 30.3 Å². The summed E-state index contributed by atoms with van der Waals surface area (Å²) in [6.45, 7) is 7.83. The maximum atomic E-state index is 6.40. The molecule has 3 nitrogen and oxygen atoms in total. The summed E-state index contributed by atoms with van der Waals surface area (Å²) in [5.41, 5.74) is 6.91. The molecule has 2 rings (SSSR count). The van der Waals surface area contributed by atoms with Crippen LogP contribution in [-0.2, 0) is 6.54 Å². The summed E-state index contributed by atoms with van der Waals surface area (Å²) >= 11 is 0. The third-order valence-corrected chi connectivity index (χ3v) is 4.28. The Kier molecular flexibility index (Phi) is 3.57. The van der Waals surface area contributed by atoms with Crippen molar-refractivity contribution >= 4 is 0 Å². The molecule has 1 aromatic rings. The predicted octanol–water partition coefficient (Wildman–Crippen LogP) is 3.12. The minimum absolute atomic E-state index is 0.112. The van der Waals surface area contributed by atoms with Gasteiger partial charge in [-0.05, 0) is 43.9 Å². The summed E-state index contributed by atoms with van der Waals surface area (Å²) in [5.74, 6) is 1.67. The summed E-state index contributed by atoms with van der Waals surface area (Å²) in [7, 11) is 0. The van der Waals surface area contributed by atoms with Crippen LogP contribution in [0, 0.1) is 11.3 Å². The maximum absolute atomic E-state index is 6.40. The summed E-state index contributed by atoms with van der Waals surface area (Å²) in [4.78, 5) is 4.44. The average molecular weight is 235 g/mol. The molecule has 1 aliphatic rings. The Bertz CT molecular complexity index is 357. The van der Waals surface area contributed by atoms with Crippen LogP contribution in [0.3, 0.4) is 0 Å². The molecule has 1 unspecified atom stereocenters. The summed E-state index contributed by atoms with van der Waals surface area (Å²) in [6.07, 6.45) is 8.96. The van der Waals surface area contributed by atoms with E-state index in [-0.39, 0.29) is 6.04 Å². The van der Waals surface area contributed by atoms with E-state index in [0.29, 0.717) is 11.3 Å². The van der Waals surface area contributed by atoms with Crippen molar-refractivity contribution in [3.8, 4) is 0 Å². The van der Waals surface area contributed by atoms with E-state index in [4.69, 9.17) is 5.73 Å². The van der Waals surface area contributed by atoms with E-state index in [9.17, 15) is 0 Å². The van der Waals surface area contributed by atoms with Crippen molar-refractivity contribution in [3.63, 3.8) is 0 Å². The van der Waals surface area contributed by atoms with Crippen molar-refractivity contribution < 1.29 is 0 Å². The number of nitrogens with two attached hydrogens (primary N) is 1. The third-order valence-electron chi connectivity index (χ3n) is 4.28. The minimum atomic E-state index is 0.112. The Balaban J connectivity index is 2.04. The molecule has 0 amide bonds. The smallest absolute Gasteiger partial charge is 0.125 e. The second-order valence-electron chi connectivity index (χ2n) is 6.10. The number of nitrogens with zero attached hydrogens (tertiary/aromatic N) is 2. The van der Waals surface area contributed by atoms with E-state index in [1.807, 2.05) is 12.4 Å². The van der Waals surface area contributed by atoms with E-state index in [1.54, 1.807) is 0 Å². The molecule has 1 fully saturated rings. The largest absolute Gasteiger partial charge is 0.334 e. The van der Waals surface area contributed by atoms with Gasteiger partial charge in [0, 0.05) is 18.9 Å². The fourth-order valence-corrected chi connectivity index (χ4v) is 2.88. The number of imidazole rings is 1. The van der Waals surface area contributed by atoms with Crippen molar-refractivity contribution in [3.05, 3.63) is 18.2 Å². The Labute approximate surface area is 104 Å². The molecule has 2 N–H and O–H groups in total. The first-order valence-electron chi connectivity index (χ1n) is 6.80. The SMILES string of the molecule is CCn1ccnc1C(N)C1CCC(C)(C)CC1. The predicted molar refractivity (Wildman–Crippen MR) is 70.6 cm³/mol. The molecule has 0 aromatic carbocycles. The highest BCUT2D eigenvalue weighted by molar-refractivity contribution is 5.01. The average Bonchev–Trinajstić information content (AvgIpc) is 2.76. The van der Waals surface area contributed by atoms with Crippen LogP contribution in [0.15, 0.2) is 12.4 Å². The van der Waals surface area contributed by atoms with Crippen LogP contribution < -0.4 is 5.73 Å². The lowest BCUT2D eigenvalue weighted by molar-refractivity contribution is 0.170. The zero-order chi connectivity index (χ0) is 12.5. The van der Waals surface area contributed by atoms with Gasteiger partial charge in [0.15, 0.2) is 0 Å². The van der Waals surface area contributed by atoms with Gasteiger partial charge in [-0.1, -0.05) is 13.8 Å². The molecule has 96 valence electrons. The standard InChI is InChI=1S/C14H25N3/c1-4-17-10-9-16-13(17)12(15)11-5-7-14(2,3)8-6-11/h9-12H,4-8,15H2,1-3H3. The first-order valence-corrected chi connectivity index (χ1v) is 6.80. The first kappa shape index (κ1) is 12.6. The second kappa shape index (κ2) is 4.81. The van der Waals surface area contributed by atoms with Crippen LogP contribution >= 0.6 is 0 Å². The Morgan fingerprint density at radius 3 is 2.71 bits per heavy atom. The normalized spacial score (nSPS) is 22.6. The molecule has 1 heterocycles. The number of hydrogen-bond donors (Lipinski definition) is 1. The van der Waals surface area contributed by atoms with E-state index >= 15 is 0 Å². The molecule has 1 atom stereocenters. The quantitative estimate of drug-likeness (QED) is 0.874. The molecular weight excluding hydrogens is 210 g/mol. The summed E-state index contributed by atoms with van der Waals surface area (Å²) < 4.78 is 2.17. The number of rotatable bonds is 3. The zero-order valence-corrected chi connectivity index (χ0v) is 11.3. The third kappa shape index (κ3) is 2.71. The highest BCUT2D eigenvalue weighted by atomic mass is 15.1. The van der Waals surface area contributed by atoms with Crippen molar-refractivity contribution in [1.29, 1.82) is 0 Å². The van der Waals surface area contributed by atoms with Crippen molar-refractivity contribution in [2.24, 2.45) is 17.1 Å². The number of aryl methyl sites for hydroxylation is 1. The zero-order valence-electron chi connectivity index (χ0n) is 11.3. The molecule has 3 heteroatoms. The molecule has 0 bridgehead atoms. The number of aromatic nitrogens is 2. The summed E-state index contributed by atoms with van der Waals surface area (Å²) in [6, 6.07) is 0.112. The van der Waals surface area contributed by atoms with Gasteiger partial charge in [0.25, 0.3) is 0 Å². The first-order chi connectivity index (χ1) is 8.03. The van der Waals surface area contributed by atoms with Crippen LogP contribution in [0.25, 0.3) is 0 Å². The lowest BCUT2D eigenvalue weighted by Gasteiger charge is -2.36. The van der Waals surface area contributed by atoms with Gasteiger partial charge >= 0.3 is 0 Å². The highest BCUT2D eigenvalue weighted by Gasteiger charge is 2.31. The van der Waals surface area contributed by atoms with Crippen molar-refractivity contribution in [2.75, 3.05) is 0 Å². The minimum Gasteiger partial charge on any atom is -0.334 e. The fourth-order valence-electron chi connectivity index (χ4n) is 2.88. The highest BCUT2D eigenvalue weighted by Crippen LogP contribution is 2.41. The molecule has 1 aliphatic carbocycles. The van der Waals surface area contributed by atoms with Gasteiger partial charge in [0.1, 0.15) is 5.82 Å². The monoisotopic (exact) mass is 235 g/mol. The van der Waals surface area contributed by atoms with Crippen LogP contribution in [0.2, 0.25) is 0 Å². The van der Waals surface area contributed by atoms with E-state index in [0.717, 1.165) is 12.4 Å². The Morgan fingerprint density at radius 1 is 1.47 bits per heavy atom. The Morgan fingerprint density at radius 2 is 2.12 bits per heavy atom. The van der Waals surface area contributed by atoms with Crippen molar-refractivity contribution in [1.82, 2.24) is 9.55 Å². The van der Waals surface area contributed by atoms with Gasteiger partial charge in [-0.25, -0.2) is 4.98 Å². The van der Waals surface area contributed by atoms with Crippen LogP contribution in [-0.4, -0.2) is 9.55 Å². The van der Waals surface area contributed by atoms with E-state index < -0.39 is 0 Å². The summed E-state index contributed by atoms with van der Waals surface area (Å²) in [5, 5.41) is 0.